The Kier molecular flexibility index (Phi) is 5.63. The molecule has 2 rings (SSSR count). The van der Waals surface area contributed by atoms with E-state index in [2.05, 4.69) is 12.1 Å². The molecule has 0 saturated carbocycles. The van der Waals surface area contributed by atoms with E-state index in [1.807, 2.05) is 6.07 Å². The summed E-state index contributed by atoms with van der Waals surface area (Å²) in [6.45, 7) is 2.68. The number of rotatable bonds is 8. The minimum atomic E-state index is 0.207. The molecule has 2 N–H and O–H groups in total. The molecule has 106 valence electrons. The highest BCUT2D eigenvalue weighted by molar-refractivity contribution is 5.40. The van der Waals surface area contributed by atoms with Crippen molar-refractivity contribution in [1.29, 1.82) is 0 Å². The molecule has 4 nitrogen and oxygen atoms in total. The second-order valence-electron chi connectivity index (χ2n) is 4.81. The average Bonchev–Trinajstić information content (AvgIpc) is 2.79. The van der Waals surface area contributed by atoms with Gasteiger partial charge in [0.05, 0.1) is 19.8 Å². The number of methoxy groups -OCH3 is 1. The van der Waals surface area contributed by atoms with Crippen molar-refractivity contribution in [1.82, 2.24) is 0 Å². The Morgan fingerprint density at radius 3 is 2.95 bits per heavy atom. The van der Waals surface area contributed by atoms with E-state index in [1.54, 1.807) is 7.11 Å². The van der Waals surface area contributed by atoms with Gasteiger partial charge in [0, 0.05) is 26.2 Å². The van der Waals surface area contributed by atoms with Crippen LogP contribution >= 0.6 is 0 Å². The van der Waals surface area contributed by atoms with Crippen LogP contribution in [0.1, 0.15) is 30.0 Å². The Labute approximate surface area is 114 Å². The highest BCUT2D eigenvalue weighted by atomic mass is 16.5. The summed E-state index contributed by atoms with van der Waals surface area (Å²) >= 11 is 0. The normalized spacial score (nSPS) is 17.5. The van der Waals surface area contributed by atoms with Gasteiger partial charge >= 0.3 is 0 Å². The summed E-state index contributed by atoms with van der Waals surface area (Å²) in [7, 11) is 1.67. The number of ether oxygens (including phenoxy) is 3. The van der Waals surface area contributed by atoms with Crippen LogP contribution < -0.4 is 10.5 Å². The average molecular weight is 265 g/mol. The summed E-state index contributed by atoms with van der Waals surface area (Å²) in [5.74, 6) is 0.935. The lowest BCUT2D eigenvalue weighted by Gasteiger charge is -2.09. The summed E-state index contributed by atoms with van der Waals surface area (Å²) < 4.78 is 16.0. The molecule has 0 amide bonds. The molecule has 0 heterocycles. The molecule has 0 fully saturated rings. The quantitative estimate of drug-likeness (QED) is 0.731. The maximum Gasteiger partial charge on any atom is 0.119 e. The maximum absolute atomic E-state index is 6.01. The van der Waals surface area contributed by atoms with E-state index >= 15 is 0 Å². The molecule has 1 aliphatic carbocycles. The van der Waals surface area contributed by atoms with Crippen molar-refractivity contribution in [3.8, 4) is 5.75 Å². The predicted octanol–water partition coefficient (Wildman–Crippen LogP) is 2.06. The Morgan fingerprint density at radius 2 is 2.11 bits per heavy atom. The van der Waals surface area contributed by atoms with Crippen molar-refractivity contribution in [2.24, 2.45) is 5.73 Å². The van der Waals surface area contributed by atoms with Crippen LogP contribution in [0.2, 0.25) is 0 Å². The maximum atomic E-state index is 6.01. The van der Waals surface area contributed by atoms with E-state index in [4.69, 9.17) is 19.9 Å². The van der Waals surface area contributed by atoms with Crippen LogP contribution in [-0.4, -0.2) is 33.5 Å². The van der Waals surface area contributed by atoms with Gasteiger partial charge in [-0.2, -0.15) is 0 Å². The van der Waals surface area contributed by atoms with E-state index in [9.17, 15) is 0 Å². The number of fused-ring (bicyclic) bond motifs is 1. The van der Waals surface area contributed by atoms with Crippen LogP contribution in [0, 0.1) is 0 Å². The number of hydrogen-bond donors (Lipinski definition) is 1. The molecule has 4 heteroatoms. The first-order valence-electron chi connectivity index (χ1n) is 6.89. The van der Waals surface area contributed by atoms with E-state index in [0.717, 1.165) is 25.0 Å². The molecule has 0 aromatic heterocycles. The van der Waals surface area contributed by atoms with Gasteiger partial charge in [0.2, 0.25) is 0 Å². The fourth-order valence-corrected chi connectivity index (χ4v) is 2.31. The van der Waals surface area contributed by atoms with E-state index in [-0.39, 0.29) is 6.04 Å². The number of benzene rings is 1. The van der Waals surface area contributed by atoms with Gasteiger partial charge in [0.15, 0.2) is 0 Å². The van der Waals surface area contributed by atoms with Crippen LogP contribution in [0.4, 0.5) is 0 Å². The fourth-order valence-electron chi connectivity index (χ4n) is 2.31. The van der Waals surface area contributed by atoms with Gasteiger partial charge in [-0.3, -0.25) is 0 Å². The number of hydrogen-bond acceptors (Lipinski definition) is 4. The second kappa shape index (κ2) is 7.48. The molecular formula is C15H23NO3. The zero-order valence-electron chi connectivity index (χ0n) is 11.6. The molecule has 1 aromatic carbocycles. The van der Waals surface area contributed by atoms with Gasteiger partial charge in [-0.1, -0.05) is 6.07 Å². The van der Waals surface area contributed by atoms with Crippen molar-refractivity contribution in [3.63, 3.8) is 0 Å². The summed E-state index contributed by atoms with van der Waals surface area (Å²) in [5, 5.41) is 0. The van der Waals surface area contributed by atoms with Crippen LogP contribution in [0.15, 0.2) is 18.2 Å². The number of aryl methyl sites for hydroxylation is 1. The molecule has 0 spiro atoms. The molecule has 1 aliphatic rings. The summed E-state index contributed by atoms with van der Waals surface area (Å²) in [6, 6.07) is 6.43. The first kappa shape index (κ1) is 14.3. The van der Waals surface area contributed by atoms with Gasteiger partial charge in [0.25, 0.3) is 0 Å². The van der Waals surface area contributed by atoms with E-state index < -0.39 is 0 Å². The van der Waals surface area contributed by atoms with E-state index in [0.29, 0.717) is 26.4 Å². The molecule has 19 heavy (non-hydrogen) atoms. The lowest BCUT2D eigenvalue weighted by atomic mass is 10.1. The minimum absolute atomic E-state index is 0.207. The summed E-state index contributed by atoms with van der Waals surface area (Å²) in [5.41, 5.74) is 8.62. The first-order chi connectivity index (χ1) is 9.31. The van der Waals surface area contributed by atoms with Crippen molar-refractivity contribution in [2.45, 2.75) is 25.3 Å². The van der Waals surface area contributed by atoms with Gasteiger partial charge in [-0.05, 0) is 36.1 Å². The Balaban J connectivity index is 1.67. The van der Waals surface area contributed by atoms with Gasteiger partial charge in [0.1, 0.15) is 5.75 Å². The fraction of sp³-hybridized carbons (Fsp3) is 0.600. The lowest BCUT2D eigenvalue weighted by Crippen LogP contribution is -2.07. The summed E-state index contributed by atoms with van der Waals surface area (Å²) in [6.07, 6.45) is 3.00. The SMILES string of the molecule is COCCOCCCOc1ccc2c(c1)CCC2N. The van der Waals surface area contributed by atoms with Crippen LogP contribution in [0.5, 0.6) is 5.75 Å². The van der Waals surface area contributed by atoms with Crippen molar-refractivity contribution in [2.75, 3.05) is 33.5 Å². The number of nitrogens with two attached hydrogens (primary N) is 1. The highest BCUT2D eigenvalue weighted by Gasteiger charge is 2.18. The van der Waals surface area contributed by atoms with Crippen molar-refractivity contribution in [3.05, 3.63) is 29.3 Å². The monoisotopic (exact) mass is 265 g/mol. The highest BCUT2D eigenvalue weighted by Crippen LogP contribution is 2.31. The minimum Gasteiger partial charge on any atom is -0.493 e. The molecular weight excluding hydrogens is 242 g/mol. The van der Waals surface area contributed by atoms with Crippen molar-refractivity contribution < 1.29 is 14.2 Å². The Bertz CT molecular complexity index is 395. The summed E-state index contributed by atoms with van der Waals surface area (Å²) in [4.78, 5) is 0. The van der Waals surface area contributed by atoms with Crippen LogP contribution in [0.25, 0.3) is 0 Å². The predicted molar refractivity (Wildman–Crippen MR) is 74.5 cm³/mol. The zero-order valence-corrected chi connectivity index (χ0v) is 11.6. The van der Waals surface area contributed by atoms with Gasteiger partial charge in [-0.15, -0.1) is 0 Å². The molecule has 0 saturated heterocycles. The lowest BCUT2D eigenvalue weighted by molar-refractivity contribution is 0.0644. The third-order valence-electron chi connectivity index (χ3n) is 3.37. The van der Waals surface area contributed by atoms with E-state index in [1.165, 1.54) is 11.1 Å². The van der Waals surface area contributed by atoms with Crippen molar-refractivity contribution >= 4 is 0 Å². The largest absolute Gasteiger partial charge is 0.493 e. The Hall–Kier alpha value is -1.10. The third kappa shape index (κ3) is 4.20. The second-order valence-corrected chi connectivity index (χ2v) is 4.81. The molecule has 0 aliphatic heterocycles. The van der Waals surface area contributed by atoms with Crippen LogP contribution in [0.3, 0.4) is 0 Å². The molecule has 0 bridgehead atoms. The molecule has 1 aromatic rings. The zero-order chi connectivity index (χ0) is 13.5. The third-order valence-corrected chi connectivity index (χ3v) is 3.37. The van der Waals surface area contributed by atoms with Gasteiger partial charge < -0.3 is 19.9 Å². The smallest absolute Gasteiger partial charge is 0.119 e. The molecule has 1 atom stereocenters. The van der Waals surface area contributed by atoms with Crippen LogP contribution in [-0.2, 0) is 15.9 Å². The molecule has 0 radical (unpaired) electrons. The standard InChI is InChI=1S/C15H23NO3/c1-17-9-10-18-7-2-8-19-13-4-5-14-12(11-13)3-6-15(14)16/h4-5,11,15H,2-3,6-10,16H2,1H3. The topological polar surface area (TPSA) is 53.7 Å². The van der Waals surface area contributed by atoms with Gasteiger partial charge in [-0.25, -0.2) is 0 Å². The molecule has 1 unspecified atom stereocenters. The Morgan fingerprint density at radius 1 is 1.21 bits per heavy atom. The first-order valence-corrected chi connectivity index (χ1v) is 6.89.